The maximum Gasteiger partial charge on any atom is 0.327 e. The van der Waals surface area contributed by atoms with Gasteiger partial charge in [0.25, 0.3) is 0 Å². The van der Waals surface area contributed by atoms with Gasteiger partial charge in [-0.25, -0.2) is 4.79 Å². The summed E-state index contributed by atoms with van der Waals surface area (Å²) in [6.45, 7) is 2.11. The first-order chi connectivity index (χ1) is 9.26. The molecular formula is C16H23NO2. The van der Waals surface area contributed by atoms with E-state index < -0.39 is 0 Å². The van der Waals surface area contributed by atoms with Gasteiger partial charge >= 0.3 is 5.97 Å². The summed E-state index contributed by atoms with van der Waals surface area (Å²) < 4.78 is 4.98. The summed E-state index contributed by atoms with van der Waals surface area (Å²) in [5.74, 6) is -0.187. The van der Waals surface area contributed by atoms with Crippen molar-refractivity contribution in [2.45, 2.75) is 51.1 Å². The van der Waals surface area contributed by atoms with Crippen molar-refractivity contribution in [2.75, 3.05) is 7.11 Å². The van der Waals surface area contributed by atoms with Crippen LogP contribution in [0.5, 0.6) is 0 Å². The fourth-order valence-electron chi connectivity index (χ4n) is 2.87. The summed E-state index contributed by atoms with van der Waals surface area (Å²) >= 11 is 0. The molecule has 0 bridgehead atoms. The first-order valence-electron chi connectivity index (χ1n) is 7.18. The quantitative estimate of drug-likeness (QED) is 0.828. The van der Waals surface area contributed by atoms with Crippen LogP contribution in [0.1, 0.15) is 49.8 Å². The molecule has 0 amide bonds. The highest BCUT2D eigenvalue weighted by molar-refractivity contribution is 5.78. The van der Waals surface area contributed by atoms with Gasteiger partial charge < -0.3 is 4.74 Å². The second-order valence-corrected chi connectivity index (χ2v) is 5.16. The third kappa shape index (κ3) is 3.35. The van der Waals surface area contributed by atoms with Gasteiger partial charge in [0.1, 0.15) is 6.04 Å². The number of rotatable bonds is 5. The number of hydrogen-bond acceptors (Lipinski definition) is 3. The number of aryl methyl sites for hydroxylation is 1. The van der Waals surface area contributed by atoms with Crippen LogP contribution < -0.4 is 5.32 Å². The average molecular weight is 261 g/mol. The van der Waals surface area contributed by atoms with Crippen LogP contribution >= 0.6 is 0 Å². The van der Waals surface area contributed by atoms with Crippen molar-refractivity contribution in [1.82, 2.24) is 5.32 Å². The molecule has 104 valence electrons. The first kappa shape index (κ1) is 14.1. The lowest BCUT2D eigenvalue weighted by molar-refractivity contribution is -0.143. The lowest BCUT2D eigenvalue weighted by atomic mass is 9.97. The van der Waals surface area contributed by atoms with Gasteiger partial charge in [-0.15, -0.1) is 0 Å². The van der Waals surface area contributed by atoms with Crippen molar-refractivity contribution < 1.29 is 9.53 Å². The van der Waals surface area contributed by atoms with E-state index in [1.54, 1.807) is 0 Å². The molecule has 1 aliphatic carbocycles. The van der Waals surface area contributed by atoms with Crippen molar-refractivity contribution in [2.24, 2.45) is 0 Å². The number of ether oxygens (including phenoxy) is 1. The fraction of sp³-hybridized carbons (Fsp3) is 0.562. The van der Waals surface area contributed by atoms with Crippen LogP contribution in [-0.2, 0) is 16.0 Å². The number of carbonyl (C=O) groups is 1. The molecule has 1 aliphatic rings. The summed E-state index contributed by atoms with van der Waals surface area (Å²) in [5, 5.41) is 3.48. The molecule has 0 saturated heterocycles. The molecule has 1 fully saturated rings. The largest absolute Gasteiger partial charge is 0.468 e. The zero-order valence-corrected chi connectivity index (χ0v) is 11.8. The molecule has 1 atom stereocenters. The third-order valence-corrected chi connectivity index (χ3v) is 3.94. The molecule has 3 heteroatoms. The van der Waals surface area contributed by atoms with E-state index in [1.165, 1.54) is 25.5 Å². The van der Waals surface area contributed by atoms with E-state index in [0.717, 1.165) is 24.8 Å². The van der Waals surface area contributed by atoms with Gasteiger partial charge in [0.15, 0.2) is 0 Å². The van der Waals surface area contributed by atoms with E-state index in [-0.39, 0.29) is 12.0 Å². The monoisotopic (exact) mass is 261 g/mol. The molecule has 1 aromatic carbocycles. The molecule has 0 heterocycles. The van der Waals surface area contributed by atoms with Gasteiger partial charge in [-0.1, -0.05) is 44.0 Å². The van der Waals surface area contributed by atoms with Crippen LogP contribution in [0.25, 0.3) is 0 Å². The maximum atomic E-state index is 12.1. The summed E-state index contributed by atoms with van der Waals surface area (Å²) in [7, 11) is 1.46. The highest BCUT2D eigenvalue weighted by atomic mass is 16.5. The van der Waals surface area contributed by atoms with Gasteiger partial charge in [0, 0.05) is 6.04 Å². The predicted molar refractivity (Wildman–Crippen MR) is 76.0 cm³/mol. The molecule has 19 heavy (non-hydrogen) atoms. The Kier molecular flexibility index (Phi) is 4.97. The molecule has 0 aromatic heterocycles. The Labute approximate surface area is 115 Å². The smallest absolute Gasteiger partial charge is 0.327 e. The standard InChI is InChI=1S/C16H23NO2/c1-3-12-8-4-7-11-14(12)15(16(18)19-2)17-13-9-5-6-10-13/h4,7-8,11,13,15,17H,3,5-6,9-10H2,1-2H3. The van der Waals surface area contributed by atoms with E-state index in [0.29, 0.717) is 6.04 Å². The van der Waals surface area contributed by atoms with E-state index in [9.17, 15) is 4.79 Å². The van der Waals surface area contributed by atoms with Crippen molar-refractivity contribution in [3.8, 4) is 0 Å². The lowest BCUT2D eigenvalue weighted by Crippen LogP contribution is -2.36. The fourth-order valence-corrected chi connectivity index (χ4v) is 2.87. The summed E-state index contributed by atoms with van der Waals surface area (Å²) in [6.07, 6.45) is 5.74. The predicted octanol–water partition coefficient (Wildman–Crippen LogP) is 3.00. The SMILES string of the molecule is CCc1ccccc1C(NC1CCCC1)C(=O)OC. The van der Waals surface area contributed by atoms with Gasteiger partial charge in [-0.05, 0) is 30.4 Å². The summed E-state index contributed by atoms with van der Waals surface area (Å²) in [6, 6.07) is 8.23. The van der Waals surface area contributed by atoms with Crippen LogP contribution in [0.15, 0.2) is 24.3 Å². The lowest BCUT2D eigenvalue weighted by Gasteiger charge is -2.23. The number of esters is 1. The van der Waals surface area contributed by atoms with Crippen LogP contribution in [0, 0.1) is 0 Å². The highest BCUT2D eigenvalue weighted by Gasteiger charge is 2.27. The van der Waals surface area contributed by atoms with E-state index in [2.05, 4.69) is 18.3 Å². The molecule has 0 aliphatic heterocycles. The number of nitrogens with one attached hydrogen (secondary N) is 1. The van der Waals surface area contributed by atoms with Crippen molar-refractivity contribution >= 4 is 5.97 Å². The minimum atomic E-state index is -0.329. The Hall–Kier alpha value is -1.35. The normalized spacial score (nSPS) is 17.4. The average Bonchev–Trinajstić information content (AvgIpc) is 2.97. The number of methoxy groups -OCH3 is 1. The molecule has 0 spiro atoms. The van der Waals surface area contributed by atoms with Crippen molar-refractivity contribution in [1.29, 1.82) is 0 Å². The zero-order chi connectivity index (χ0) is 13.7. The molecule has 1 unspecified atom stereocenters. The molecule has 1 N–H and O–H groups in total. The second kappa shape index (κ2) is 6.71. The number of hydrogen-bond donors (Lipinski definition) is 1. The Balaban J connectivity index is 2.23. The van der Waals surface area contributed by atoms with Crippen molar-refractivity contribution in [3.05, 3.63) is 35.4 Å². The molecule has 2 rings (SSSR count). The van der Waals surface area contributed by atoms with E-state index in [1.807, 2.05) is 18.2 Å². The Bertz CT molecular complexity index is 425. The van der Waals surface area contributed by atoms with E-state index >= 15 is 0 Å². The zero-order valence-electron chi connectivity index (χ0n) is 11.8. The van der Waals surface area contributed by atoms with Crippen LogP contribution in [0.2, 0.25) is 0 Å². The topological polar surface area (TPSA) is 38.3 Å². The van der Waals surface area contributed by atoms with E-state index in [4.69, 9.17) is 4.74 Å². The van der Waals surface area contributed by atoms with Crippen molar-refractivity contribution in [3.63, 3.8) is 0 Å². The van der Waals surface area contributed by atoms with Gasteiger partial charge in [-0.3, -0.25) is 5.32 Å². The summed E-state index contributed by atoms with van der Waals surface area (Å²) in [5.41, 5.74) is 2.27. The molecular weight excluding hydrogens is 238 g/mol. The number of carbonyl (C=O) groups excluding carboxylic acids is 1. The minimum Gasteiger partial charge on any atom is -0.468 e. The first-order valence-corrected chi connectivity index (χ1v) is 7.18. The van der Waals surface area contributed by atoms with Crippen LogP contribution in [0.3, 0.4) is 0 Å². The molecule has 3 nitrogen and oxygen atoms in total. The van der Waals surface area contributed by atoms with Crippen LogP contribution in [-0.4, -0.2) is 19.1 Å². The molecule has 1 aromatic rings. The van der Waals surface area contributed by atoms with Gasteiger partial charge in [0.2, 0.25) is 0 Å². The highest BCUT2D eigenvalue weighted by Crippen LogP contribution is 2.25. The third-order valence-electron chi connectivity index (χ3n) is 3.94. The molecule has 0 radical (unpaired) electrons. The molecule has 1 saturated carbocycles. The second-order valence-electron chi connectivity index (χ2n) is 5.16. The maximum absolute atomic E-state index is 12.1. The number of benzene rings is 1. The van der Waals surface area contributed by atoms with Gasteiger partial charge in [-0.2, -0.15) is 0 Å². The van der Waals surface area contributed by atoms with Crippen LogP contribution in [0.4, 0.5) is 0 Å². The Morgan fingerprint density at radius 3 is 2.68 bits per heavy atom. The Morgan fingerprint density at radius 2 is 2.05 bits per heavy atom. The Morgan fingerprint density at radius 1 is 1.37 bits per heavy atom. The minimum absolute atomic E-state index is 0.187. The summed E-state index contributed by atoms with van der Waals surface area (Å²) in [4.78, 5) is 12.1. The van der Waals surface area contributed by atoms with Gasteiger partial charge in [0.05, 0.1) is 7.11 Å².